The maximum Gasteiger partial charge on any atom is 0.410 e. The van der Waals surface area contributed by atoms with Gasteiger partial charge in [0.15, 0.2) is 0 Å². The van der Waals surface area contributed by atoms with E-state index in [0.717, 1.165) is 19.6 Å². The van der Waals surface area contributed by atoms with Crippen LogP contribution in [-0.2, 0) is 4.74 Å². The molecule has 2 N–H and O–H groups in total. The van der Waals surface area contributed by atoms with Crippen LogP contribution >= 0.6 is 0 Å². The Kier molecular flexibility index (Phi) is 7.29. The van der Waals surface area contributed by atoms with Crippen LogP contribution in [-0.4, -0.2) is 73.9 Å². The SMILES string of the molecule is COc1cccc(NC(=O)NCCN2CCN(C(=O)OC(C)(C)C)CC2)c1. The Hall–Kier alpha value is -2.48. The highest BCUT2D eigenvalue weighted by molar-refractivity contribution is 5.89. The average molecular weight is 378 g/mol. The number of urea groups is 1. The molecular weight excluding hydrogens is 348 g/mol. The summed E-state index contributed by atoms with van der Waals surface area (Å²) in [6.07, 6.45) is -0.266. The van der Waals surface area contributed by atoms with Crippen LogP contribution in [0.25, 0.3) is 0 Å². The van der Waals surface area contributed by atoms with Gasteiger partial charge in [-0.3, -0.25) is 4.90 Å². The topological polar surface area (TPSA) is 83.1 Å². The van der Waals surface area contributed by atoms with Gasteiger partial charge in [-0.25, -0.2) is 9.59 Å². The molecule has 0 spiro atoms. The molecule has 0 saturated carbocycles. The highest BCUT2D eigenvalue weighted by Gasteiger charge is 2.25. The van der Waals surface area contributed by atoms with Gasteiger partial charge < -0.3 is 25.0 Å². The smallest absolute Gasteiger partial charge is 0.410 e. The van der Waals surface area contributed by atoms with Crippen LogP contribution in [0.2, 0.25) is 0 Å². The number of piperazine rings is 1. The number of hydrogen-bond acceptors (Lipinski definition) is 5. The monoisotopic (exact) mass is 378 g/mol. The summed E-state index contributed by atoms with van der Waals surface area (Å²) < 4.78 is 10.5. The number of nitrogens with zero attached hydrogens (tertiary/aromatic N) is 2. The third kappa shape index (κ3) is 7.34. The third-order valence-corrected chi connectivity index (χ3v) is 4.07. The molecule has 27 heavy (non-hydrogen) atoms. The van der Waals surface area contributed by atoms with Crippen LogP contribution in [0.1, 0.15) is 20.8 Å². The van der Waals surface area contributed by atoms with Crippen molar-refractivity contribution < 1.29 is 19.1 Å². The number of hydrogen-bond donors (Lipinski definition) is 2. The van der Waals surface area contributed by atoms with Gasteiger partial charge in [0.05, 0.1) is 7.11 Å². The predicted octanol–water partition coefficient (Wildman–Crippen LogP) is 2.37. The molecular formula is C19H30N4O4. The molecule has 1 aromatic rings. The number of anilines is 1. The van der Waals surface area contributed by atoms with E-state index in [4.69, 9.17) is 9.47 Å². The average Bonchev–Trinajstić information content (AvgIpc) is 2.61. The largest absolute Gasteiger partial charge is 0.497 e. The summed E-state index contributed by atoms with van der Waals surface area (Å²) in [5.74, 6) is 0.690. The zero-order chi connectivity index (χ0) is 19.9. The maximum atomic E-state index is 12.1. The van der Waals surface area contributed by atoms with Gasteiger partial charge in [0.25, 0.3) is 0 Å². The minimum atomic E-state index is -0.478. The highest BCUT2D eigenvalue weighted by atomic mass is 16.6. The second-order valence-electron chi connectivity index (χ2n) is 7.42. The molecule has 0 aromatic heterocycles. The van der Waals surface area contributed by atoms with Crippen molar-refractivity contribution in [2.24, 2.45) is 0 Å². The third-order valence-electron chi connectivity index (χ3n) is 4.07. The van der Waals surface area contributed by atoms with E-state index in [1.54, 1.807) is 24.1 Å². The molecule has 1 heterocycles. The molecule has 1 aliphatic heterocycles. The molecule has 1 saturated heterocycles. The first-order valence-electron chi connectivity index (χ1n) is 9.16. The number of methoxy groups -OCH3 is 1. The van der Waals surface area contributed by atoms with Gasteiger partial charge in [0.2, 0.25) is 0 Å². The van der Waals surface area contributed by atoms with E-state index < -0.39 is 5.60 Å². The number of carbonyl (C=O) groups excluding carboxylic acids is 2. The van der Waals surface area contributed by atoms with Gasteiger partial charge in [-0.15, -0.1) is 0 Å². The van der Waals surface area contributed by atoms with Crippen molar-refractivity contribution in [2.45, 2.75) is 26.4 Å². The summed E-state index contributed by atoms with van der Waals surface area (Å²) in [7, 11) is 1.59. The molecule has 3 amide bonds. The van der Waals surface area contributed by atoms with Crippen molar-refractivity contribution in [3.63, 3.8) is 0 Å². The van der Waals surface area contributed by atoms with Gasteiger partial charge in [-0.2, -0.15) is 0 Å². The van der Waals surface area contributed by atoms with E-state index in [2.05, 4.69) is 15.5 Å². The van der Waals surface area contributed by atoms with E-state index in [1.807, 2.05) is 32.9 Å². The molecule has 0 aliphatic carbocycles. The summed E-state index contributed by atoms with van der Waals surface area (Å²) >= 11 is 0. The van der Waals surface area contributed by atoms with Crippen molar-refractivity contribution in [3.05, 3.63) is 24.3 Å². The first-order valence-corrected chi connectivity index (χ1v) is 9.16. The lowest BCUT2D eigenvalue weighted by Gasteiger charge is -2.35. The van der Waals surface area contributed by atoms with Crippen molar-refractivity contribution >= 4 is 17.8 Å². The molecule has 1 aliphatic rings. The number of nitrogens with one attached hydrogen (secondary N) is 2. The highest BCUT2D eigenvalue weighted by Crippen LogP contribution is 2.16. The maximum absolute atomic E-state index is 12.1. The van der Waals surface area contributed by atoms with Gasteiger partial charge in [0.1, 0.15) is 11.4 Å². The Morgan fingerprint density at radius 2 is 1.85 bits per heavy atom. The van der Waals surface area contributed by atoms with E-state index in [0.29, 0.717) is 31.1 Å². The Balaban J connectivity index is 1.65. The molecule has 0 bridgehead atoms. The fourth-order valence-corrected chi connectivity index (χ4v) is 2.68. The van der Waals surface area contributed by atoms with E-state index in [-0.39, 0.29) is 12.1 Å². The summed E-state index contributed by atoms with van der Waals surface area (Å²) in [6, 6.07) is 6.95. The first kappa shape index (κ1) is 20.8. The number of ether oxygens (including phenoxy) is 2. The number of carbonyl (C=O) groups is 2. The van der Waals surface area contributed by atoms with Gasteiger partial charge in [0, 0.05) is 51.0 Å². The van der Waals surface area contributed by atoms with E-state index in [1.165, 1.54) is 0 Å². The lowest BCUT2D eigenvalue weighted by molar-refractivity contribution is 0.0147. The number of rotatable bonds is 5. The van der Waals surface area contributed by atoms with Crippen LogP contribution in [0.3, 0.4) is 0 Å². The molecule has 0 unspecified atom stereocenters. The number of benzene rings is 1. The summed E-state index contributed by atoms with van der Waals surface area (Å²) in [4.78, 5) is 28.0. The standard InChI is InChI=1S/C19H30N4O4/c1-19(2,3)27-18(25)23-12-10-22(11-13-23)9-8-20-17(24)21-15-6-5-7-16(14-15)26-4/h5-7,14H,8-13H2,1-4H3,(H2,20,21,24). The van der Waals surface area contributed by atoms with Crippen LogP contribution < -0.4 is 15.4 Å². The second kappa shape index (κ2) is 9.45. The van der Waals surface area contributed by atoms with Crippen LogP contribution in [0.15, 0.2) is 24.3 Å². The fourth-order valence-electron chi connectivity index (χ4n) is 2.68. The van der Waals surface area contributed by atoms with Gasteiger partial charge in [-0.1, -0.05) is 6.07 Å². The molecule has 150 valence electrons. The Morgan fingerprint density at radius 3 is 2.48 bits per heavy atom. The Morgan fingerprint density at radius 1 is 1.15 bits per heavy atom. The normalized spacial score (nSPS) is 15.2. The van der Waals surface area contributed by atoms with E-state index >= 15 is 0 Å². The fraction of sp³-hybridized carbons (Fsp3) is 0.579. The van der Waals surface area contributed by atoms with Crippen molar-refractivity contribution in [1.29, 1.82) is 0 Å². The zero-order valence-corrected chi connectivity index (χ0v) is 16.6. The van der Waals surface area contributed by atoms with Gasteiger partial charge >= 0.3 is 12.1 Å². The zero-order valence-electron chi connectivity index (χ0n) is 16.6. The Labute approximate surface area is 160 Å². The summed E-state index contributed by atoms with van der Waals surface area (Å²) in [5, 5.41) is 5.62. The Bertz CT molecular complexity index is 637. The van der Waals surface area contributed by atoms with Crippen LogP contribution in [0.4, 0.5) is 15.3 Å². The lowest BCUT2D eigenvalue weighted by atomic mass is 10.2. The molecule has 8 heteroatoms. The van der Waals surface area contributed by atoms with E-state index in [9.17, 15) is 9.59 Å². The molecule has 0 atom stereocenters. The molecule has 1 aromatic carbocycles. The van der Waals surface area contributed by atoms with Crippen LogP contribution in [0, 0.1) is 0 Å². The minimum absolute atomic E-state index is 0.254. The van der Waals surface area contributed by atoms with Crippen molar-refractivity contribution in [1.82, 2.24) is 15.1 Å². The minimum Gasteiger partial charge on any atom is -0.497 e. The van der Waals surface area contributed by atoms with Crippen LogP contribution in [0.5, 0.6) is 5.75 Å². The molecule has 2 rings (SSSR count). The molecule has 1 fully saturated rings. The second-order valence-corrected chi connectivity index (χ2v) is 7.42. The molecule has 8 nitrogen and oxygen atoms in total. The lowest BCUT2D eigenvalue weighted by Crippen LogP contribution is -2.51. The first-order chi connectivity index (χ1) is 12.8. The van der Waals surface area contributed by atoms with Gasteiger partial charge in [-0.05, 0) is 32.9 Å². The predicted molar refractivity (Wildman–Crippen MR) is 104 cm³/mol. The molecule has 0 radical (unpaired) electrons. The number of amides is 3. The van der Waals surface area contributed by atoms with Crippen molar-refractivity contribution in [3.8, 4) is 5.75 Å². The summed E-state index contributed by atoms with van der Waals surface area (Å²) in [6.45, 7) is 9.64. The summed E-state index contributed by atoms with van der Waals surface area (Å²) in [5.41, 5.74) is 0.201. The van der Waals surface area contributed by atoms with Crippen molar-refractivity contribution in [2.75, 3.05) is 51.7 Å². The quantitative estimate of drug-likeness (QED) is 0.822.